The summed E-state index contributed by atoms with van der Waals surface area (Å²) in [5, 5.41) is 0. The van der Waals surface area contributed by atoms with Gasteiger partial charge in [0.05, 0.1) is 0 Å². The highest BCUT2D eigenvalue weighted by Gasteiger charge is 2.33. The fourth-order valence-electron chi connectivity index (χ4n) is 2.17. The van der Waals surface area contributed by atoms with Gasteiger partial charge in [0.2, 0.25) is 0 Å². The van der Waals surface area contributed by atoms with Crippen molar-refractivity contribution in [3.05, 3.63) is 34.1 Å². The molecule has 0 aromatic heterocycles. The highest BCUT2D eigenvalue weighted by molar-refractivity contribution is 9.10. The van der Waals surface area contributed by atoms with E-state index in [-0.39, 0.29) is 18.2 Å². The summed E-state index contributed by atoms with van der Waals surface area (Å²) in [4.78, 5) is 0. The van der Waals surface area contributed by atoms with E-state index in [1.165, 1.54) is 6.07 Å². The second-order valence-corrected chi connectivity index (χ2v) is 4.90. The predicted octanol–water partition coefficient (Wildman–Crippen LogP) is 3.74. The molecular weight excluding hydrogens is 280 g/mol. The smallest absolute Gasteiger partial charge is 0.129 e. The van der Waals surface area contributed by atoms with Gasteiger partial charge in [-0.25, -0.2) is 4.39 Å². The zero-order valence-electron chi connectivity index (χ0n) is 8.30. The SMILES string of the molecule is Cl.NC1(c2ccc(Br)cc2F)CCCC1. The van der Waals surface area contributed by atoms with Gasteiger partial charge in [-0.3, -0.25) is 0 Å². The topological polar surface area (TPSA) is 26.0 Å². The van der Waals surface area contributed by atoms with E-state index in [1.807, 2.05) is 6.07 Å². The van der Waals surface area contributed by atoms with Gasteiger partial charge in [0, 0.05) is 15.6 Å². The van der Waals surface area contributed by atoms with Crippen molar-refractivity contribution < 1.29 is 4.39 Å². The summed E-state index contributed by atoms with van der Waals surface area (Å²) in [7, 11) is 0. The molecule has 1 nitrogen and oxygen atoms in total. The van der Waals surface area contributed by atoms with Gasteiger partial charge in [0.15, 0.2) is 0 Å². The van der Waals surface area contributed by atoms with E-state index in [2.05, 4.69) is 15.9 Å². The van der Waals surface area contributed by atoms with Crippen LogP contribution in [0.5, 0.6) is 0 Å². The van der Waals surface area contributed by atoms with Crippen LogP contribution in [0.1, 0.15) is 31.2 Å². The summed E-state index contributed by atoms with van der Waals surface area (Å²) in [5.41, 5.74) is 6.42. The van der Waals surface area contributed by atoms with Gasteiger partial charge in [-0.2, -0.15) is 0 Å². The standard InChI is InChI=1S/C11H13BrFN.ClH/c12-8-3-4-9(10(13)7-8)11(14)5-1-2-6-11;/h3-4,7H,1-2,5-6,14H2;1H. The van der Waals surface area contributed by atoms with Crippen LogP contribution in [0.25, 0.3) is 0 Å². The second-order valence-electron chi connectivity index (χ2n) is 3.99. The molecule has 1 fully saturated rings. The predicted molar refractivity (Wildman–Crippen MR) is 65.7 cm³/mol. The van der Waals surface area contributed by atoms with Gasteiger partial charge in [-0.05, 0) is 25.0 Å². The summed E-state index contributed by atoms with van der Waals surface area (Å²) in [6, 6.07) is 5.14. The summed E-state index contributed by atoms with van der Waals surface area (Å²) in [6.07, 6.45) is 4.00. The van der Waals surface area contributed by atoms with Gasteiger partial charge in [-0.1, -0.05) is 34.8 Å². The highest BCUT2D eigenvalue weighted by Crippen LogP contribution is 2.37. The zero-order valence-corrected chi connectivity index (χ0v) is 10.7. The molecule has 84 valence electrons. The van der Waals surface area contributed by atoms with E-state index >= 15 is 0 Å². The Kier molecular flexibility index (Phi) is 4.15. The molecule has 0 radical (unpaired) electrons. The Morgan fingerprint density at radius 2 is 1.87 bits per heavy atom. The lowest BCUT2D eigenvalue weighted by molar-refractivity contribution is 0.433. The molecule has 0 heterocycles. The lowest BCUT2D eigenvalue weighted by Gasteiger charge is -2.24. The maximum absolute atomic E-state index is 13.6. The third kappa shape index (κ3) is 2.52. The van der Waals surface area contributed by atoms with Gasteiger partial charge < -0.3 is 5.73 Å². The molecule has 0 unspecified atom stereocenters. The summed E-state index contributed by atoms with van der Waals surface area (Å²) in [6.45, 7) is 0. The van der Waals surface area contributed by atoms with Crippen molar-refractivity contribution in [3.8, 4) is 0 Å². The number of nitrogens with two attached hydrogens (primary N) is 1. The first kappa shape index (κ1) is 12.9. The van der Waals surface area contributed by atoms with E-state index in [0.29, 0.717) is 5.56 Å². The molecule has 1 aromatic carbocycles. The molecule has 0 amide bonds. The first-order chi connectivity index (χ1) is 6.62. The van der Waals surface area contributed by atoms with Gasteiger partial charge >= 0.3 is 0 Å². The summed E-state index contributed by atoms with van der Waals surface area (Å²) < 4.78 is 14.4. The maximum atomic E-state index is 13.6. The molecule has 0 bridgehead atoms. The third-order valence-electron chi connectivity index (χ3n) is 2.96. The van der Waals surface area contributed by atoms with Crippen molar-refractivity contribution >= 4 is 28.3 Å². The van der Waals surface area contributed by atoms with Crippen LogP contribution in [0.15, 0.2) is 22.7 Å². The lowest BCUT2D eigenvalue weighted by Crippen LogP contribution is -2.34. The second kappa shape index (κ2) is 4.81. The lowest BCUT2D eigenvalue weighted by atomic mass is 9.89. The molecule has 0 aliphatic heterocycles. The average Bonchev–Trinajstić information content (AvgIpc) is 2.52. The molecule has 2 rings (SSSR count). The number of hydrogen-bond acceptors (Lipinski definition) is 1. The summed E-state index contributed by atoms with van der Waals surface area (Å²) >= 11 is 3.24. The molecule has 1 saturated carbocycles. The molecule has 2 N–H and O–H groups in total. The molecule has 4 heteroatoms. The van der Waals surface area contributed by atoms with E-state index in [4.69, 9.17) is 5.73 Å². The number of rotatable bonds is 1. The van der Waals surface area contributed by atoms with Gasteiger partial charge in [0.25, 0.3) is 0 Å². The monoisotopic (exact) mass is 293 g/mol. The first-order valence-corrected chi connectivity index (χ1v) is 5.65. The minimum atomic E-state index is -0.426. The van der Waals surface area contributed by atoms with Crippen molar-refractivity contribution in [2.24, 2.45) is 5.73 Å². The zero-order chi connectivity index (χ0) is 10.2. The molecule has 15 heavy (non-hydrogen) atoms. The van der Waals surface area contributed by atoms with E-state index in [0.717, 1.165) is 30.2 Å². The summed E-state index contributed by atoms with van der Waals surface area (Å²) in [5.74, 6) is -0.191. The average molecular weight is 295 g/mol. The number of benzene rings is 1. The van der Waals surface area contributed by atoms with Crippen molar-refractivity contribution in [1.82, 2.24) is 0 Å². The maximum Gasteiger partial charge on any atom is 0.129 e. The molecule has 1 aromatic rings. The molecular formula is C11H14BrClFN. The fraction of sp³-hybridized carbons (Fsp3) is 0.455. The normalized spacial score (nSPS) is 18.6. The molecule has 1 aliphatic carbocycles. The van der Waals surface area contributed by atoms with Crippen LogP contribution in [0.4, 0.5) is 4.39 Å². The Bertz CT molecular complexity index is 350. The molecule has 0 atom stereocenters. The van der Waals surface area contributed by atoms with Crippen LogP contribution in [0.3, 0.4) is 0 Å². The Labute approximate surface area is 104 Å². The van der Waals surface area contributed by atoms with E-state index in [9.17, 15) is 4.39 Å². The van der Waals surface area contributed by atoms with E-state index < -0.39 is 5.54 Å². The number of hydrogen-bond donors (Lipinski definition) is 1. The van der Waals surface area contributed by atoms with Crippen molar-refractivity contribution in [1.29, 1.82) is 0 Å². The van der Waals surface area contributed by atoms with Gasteiger partial charge in [0.1, 0.15) is 5.82 Å². The molecule has 0 spiro atoms. The Morgan fingerprint density at radius 1 is 1.27 bits per heavy atom. The van der Waals surface area contributed by atoms with Crippen molar-refractivity contribution in [2.75, 3.05) is 0 Å². The largest absolute Gasteiger partial charge is 0.321 e. The third-order valence-corrected chi connectivity index (χ3v) is 3.46. The van der Waals surface area contributed by atoms with E-state index in [1.54, 1.807) is 6.07 Å². The quantitative estimate of drug-likeness (QED) is 0.839. The van der Waals surface area contributed by atoms with Crippen LogP contribution in [-0.2, 0) is 5.54 Å². The Hall–Kier alpha value is -0.120. The van der Waals surface area contributed by atoms with Crippen LogP contribution in [-0.4, -0.2) is 0 Å². The molecule has 0 saturated heterocycles. The van der Waals surface area contributed by atoms with Crippen LogP contribution in [0.2, 0.25) is 0 Å². The molecule has 1 aliphatic rings. The first-order valence-electron chi connectivity index (χ1n) is 4.86. The number of halogens is 3. The minimum absolute atomic E-state index is 0. The Morgan fingerprint density at radius 3 is 2.40 bits per heavy atom. The minimum Gasteiger partial charge on any atom is -0.321 e. The van der Waals surface area contributed by atoms with Gasteiger partial charge in [-0.15, -0.1) is 12.4 Å². The van der Waals surface area contributed by atoms with Crippen LogP contribution in [0, 0.1) is 5.82 Å². The van der Waals surface area contributed by atoms with Crippen molar-refractivity contribution in [2.45, 2.75) is 31.2 Å². The fourth-order valence-corrected chi connectivity index (χ4v) is 2.50. The van der Waals surface area contributed by atoms with Crippen LogP contribution >= 0.6 is 28.3 Å². The van der Waals surface area contributed by atoms with Crippen molar-refractivity contribution in [3.63, 3.8) is 0 Å². The van der Waals surface area contributed by atoms with Crippen LogP contribution < -0.4 is 5.73 Å². The highest BCUT2D eigenvalue weighted by atomic mass is 79.9. The Balaban J connectivity index is 0.00000112.